The molecule has 7 unspecified atom stereocenters. The van der Waals surface area contributed by atoms with Crippen LogP contribution in [0.3, 0.4) is 0 Å². The number of aliphatic hydroxyl groups is 5. The topological polar surface area (TPSA) is 149 Å². The van der Waals surface area contributed by atoms with E-state index in [2.05, 4.69) is 43.5 Å². The number of amides is 1. The monoisotopic (exact) mass is 1210 g/mol. The number of hydrogen-bond acceptors (Lipinski definition) is 8. The molecule has 1 aliphatic heterocycles. The number of ether oxygens (including phenoxy) is 2. The van der Waals surface area contributed by atoms with E-state index in [4.69, 9.17) is 9.47 Å². The molecule has 0 aromatic rings. The van der Waals surface area contributed by atoms with Crippen LogP contribution in [0.5, 0.6) is 0 Å². The molecule has 1 heterocycles. The van der Waals surface area contributed by atoms with Gasteiger partial charge in [0.25, 0.3) is 0 Å². The zero-order chi connectivity index (χ0) is 62.1. The Balaban J connectivity index is 2.09. The first-order valence-electron chi connectivity index (χ1n) is 38.2. The maximum Gasteiger partial charge on any atom is 0.220 e. The molecule has 1 rings (SSSR count). The Morgan fingerprint density at radius 2 is 0.663 bits per heavy atom. The fraction of sp³-hybridized carbons (Fsp3) is 0.909. The van der Waals surface area contributed by atoms with Gasteiger partial charge in [-0.3, -0.25) is 4.79 Å². The molecule has 0 aromatic carbocycles. The first-order valence-corrected chi connectivity index (χ1v) is 38.2. The van der Waals surface area contributed by atoms with Gasteiger partial charge < -0.3 is 40.3 Å². The van der Waals surface area contributed by atoms with Gasteiger partial charge in [-0.2, -0.15) is 0 Å². The standard InChI is InChI=1S/C77H147NO8/c1-3-5-7-9-11-13-15-17-19-21-23-25-27-29-31-32-33-34-35-36-37-38-39-41-43-45-47-49-51-53-55-57-59-61-63-65-67-73(81)78-70(69-85-77-76(84)75(83)74(82)72(68-79)86-77)71(80)66-64-62-60-58-56-54-52-50-48-46-44-42-40-30-28-26-24-22-20-18-16-14-12-10-8-6-4-2/h48,50,56,58,64,66,70-72,74-77,79-80,82-84H,3-47,49,51-55,57,59-63,65,67-69H2,1-2H3,(H,78,81)/b50-48+,58-56+,66-64+. The number of unbranched alkanes of at least 4 members (excludes halogenated alkanes) is 54. The van der Waals surface area contributed by atoms with Gasteiger partial charge in [-0.25, -0.2) is 0 Å². The van der Waals surface area contributed by atoms with Gasteiger partial charge in [-0.15, -0.1) is 0 Å². The summed E-state index contributed by atoms with van der Waals surface area (Å²) >= 11 is 0. The summed E-state index contributed by atoms with van der Waals surface area (Å²) in [5.41, 5.74) is 0. The third-order valence-electron chi connectivity index (χ3n) is 18.4. The number of rotatable bonds is 68. The van der Waals surface area contributed by atoms with Gasteiger partial charge in [0, 0.05) is 6.42 Å². The number of allylic oxidation sites excluding steroid dienone is 5. The van der Waals surface area contributed by atoms with Crippen molar-refractivity contribution in [2.24, 2.45) is 0 Å². The van der Waals surface area contributed by atoms with E-state index in [0.717, 1.165) is 44.9 Å². The summed E-state index contributed by atoms with van der Waals surface area (Å²) in [5.74, 6) is -0.182. The Bertz CT molecular complexity index is 1450. The van der Waals surface area contributed by atoms with Crippen molar-refractivity contribution in [2.45, 2.75) is 436 Å². The van der Waals surface area contributed by atoms with Crippen molar-refractivity contribution < 1.29 is 39.8 Å². The minimum atomic E-state index is -1.58. The molecule has 0 radical (unpaired) electrons. The lowest BCUT2D eigenvalue weighted by Gasteiger charge is -2.40. The van der Waals surface area contributed by atoms with E-state index in [1.54, 1.807) is 6.08 Å². The summed E-state index contributed by atoms with van der Waals surface area (Å²) in [6.07, 6.45) is 82.9. The van der Waals surface area contributed by atoms with Gasteiger partial charge in [0.2, 0.25) is 5.91 Å². The van der Waals surface area contributed by atoms with E-state index >= 15 is 0 Å². The van der Waals surface area contributed by atoms with E-state index in [1.807, 2.05) is 6.08 Å². The smallest absolute Gasteiger partial charge is 0.220 e. The molecule has 1 amide bonds. The predicted molar refractivity (Wildman–Crippen MR) is 369 cm³/mol. The van der Waals surface area contributed by atoms with E-state index in [9.17, 15) is 30.3 Å². The molecule has 1 saturated heterocycles. The lowest BCUT2D eigenvalue weighted by molar-refractivity contribution is -0.302. The molecule has 0 aromatic heterocycles. The molecule has 1 fully saturated rings. The second-order valence-electron chi connectivity index (χ2n) is 26.8. The van der Waals surface area contributed by atoms with Crippen LogP contribution in [0.1, 0.15) is 393 Å². The second-order valence-corrected chi connectivity index (χ2v) is 26.8. The first-order chi connectivity index (χ1) is 42.3. The number of hydrogen-bond donors (Lipinski definition) is 6. The zero-order valence-electron chi connectivity index (χ0n) is 57.1. The van der Waals surface area contributed by atoms with E-state index in [1.165, 1.54) is 327 Å². The highest BCUT2D eigenvalue weighted by atomic mass is 16.7. The van der Waals surface area contributed by atoms with Crippen LogP contribution in [0.15, 0.2) is 36.5 Å². The van der Waals surface area contributed by atoms with Gasteiger partial charge in [-0.05, 0) is 44.9 Å². The van der Waals surface area contributed by atoms with Crippen LogP contribution in [0.2, 0.25) is 0 Å². The van der Waals surface area contributed by atoms with Crippen molar-refractivity contribution in [1.29, 1.82) is 0 Å². The van der Waals surface area contributed by atoms with E-state index in [-0.39, 0.29) is 12.5 Å². The van der Waals surface area contributed by atoms with Crippen molar-refractivity contribution >= 4 is 5.91 Å². The van der Waals surface area contributed by atoms with Gasteiger partial charge in [0.1, 0.15) is 24.4 Å². The van der Waals surface area contributed by atoms with Gasteiger partial charge in [0.05, 0.1) is 25.4 Å². The first kappa shape index (κ1) is 82.4. The van der Waals surface area contributed by atoms with E-state index in [0.29, 0.717) is 6.42 Å². The lowest BCUT2D eigenvalue weighted by Crippen LogP contribution is -2.60. The van der Waals surface area contributed by atoms with Gasteiger partial charge in [-0.1, -0.05) is 378 Å². The molecule has 7 atom stereocenters. The Hall–Kier alpha value is -1.59. The number of aliphatic hydroxyl groups excluding tert-OH is 5. The van der Waals surface area contributed by atoms with Gasteiger partial charge >= 0.3 is 0 Å². The third kappa shape index (κ3) is 54.2. The molecule has 9 nitrogen and oxygen atoms in total. The Kier molecular flexibility index (Phi) is 63.6. The average molecular weight is 1220 g/mol. The summed E-state index contributed by atoms with van der Waals surface area (Å²) in [6, 6.07) is -0.828. The highest BCUT2D eigenvalue weighted by Gasteiger charge is 2.44. The van der Waals surface area contributed by atoms with Crippen LogP contribution in [0, 0.1) is 0 Å². The fourth-order valence-electron chi connectivity index (χ4n) is 12.5. The van der Waals surface area contributed by atoms with Crippen LogP contribution in [0.25, 0.3) is 0 Å². The summed E-state index contributed by atoms with van der Waals surface area (Å²) in [6.45, 7) is 3.82. The minimum Gasteiger partial charge on any atom is -0.394 e. The largest absolute Gasteiger partial charge is 0.394 e. The summed E-state index contributed by atoms with van der Waals surface area (Å²) in [7, 11) is 0. The summed E-state index contributed by atoms with van der Waals surface area (Å²) in [4.78, 5) is 13.1. The third-order valence-corrected chi connectivity index (χ3v) is 18.4. The Morgan fingerprint density at radius 1 is 0.384 bits per heavy atom. The molecule has 508 valence electrons. The molecule has 9 heteroatoms. The molecule has 6 N–H and O–H groups in total. The molecule has 86 heavy (non-hydrogen) atoms. The van der Waals surface area contributed by atoms with Crippen LogP contribution >= 0.6 is 0 Å². The Morgan fingerprint density at radius 3 is 0.977 bits per heavy atom. The van der Waals surface area contributed by atoms with Crippen LogP contribution < -0.4 is 5.32 Å². The number of nitrogens with one attached hydrogen (secondary N) is 1. The number of carbonyl (C=O) groups is 1. The SMILES string of the molecule is CCCCCCCCCCCCCCCCCCC/C=C/CC/C=C/CC/C=C/C(O)C(COC1OC(CO)C(O)C(O)C1O)NC(=O)CCCCCCCCCCCCCCCCCCCCCCCCCCCCCCCCCCCCCC. The summed E-state index contributed by atoms with van der Waals surface area (Å²) < 4.78 is 11.3. The molecule has 0 aliphatic carbocycles. The van der Waals surface area contributed by atoms with Crippen LogP contribution in [-0.2, 0) is 14.3 Å². The average Bonchev–Trinajstić information content (AvgIpc) is 3.65. The van der Waals surface area contributed by atoms with Crippen molar-refractivity contribution in [3.63, 3.8) is 0 Å². The second kappa shape index (κ2) is 66.3. The minimum absolute atomic E-state index is 0.182. The molecular weight excluding hydrogens is 1070 g/mol. The lowest BCUT2D eigenvalue weighted by atomic mass is 9.99. The molecule has 1 aliphatic rings. The van der Waals surface area contributed by atoms with Crippen LogP contribution in [0.4, 0.5) is 0 Å². The molecule has 0 bridgehead atoms. The highest BCUT2D eigenvalue weighted by Crippen LogP contribution is 2.24. The van der Waals surface area contributed by atoms with Crippen molar-refractivity contribution in [3.8, 4) is 0 Å². The number of carbonyl (C=O) groups excluding carboxylic acids is 1. The quantitative estimate of drug-likeness (QED) is 0.0261. The molecule has 0 saturated carbocycles. The zero-order valence-corrected chi connectivity index (χ0v) is 57.1. The normalized spacial score (nSPS) is 18.2. The molecule has 0 spiro atoms. The van der Waals surface area contributed by atoms with Crippen molar-refractivity contribution in [3.05, 3.63) is 36.5 Å². The van der Waals surface area contributed by atoms with E-state index < -0.39 is 49.5 Å². The maximum absolute atomic E-state index is 13.1. The van der Waals surface area contributed by atoms with Crippen LogP contribution in [-0.4, -0.2) is 87.5 Å². The maximum atomic E-state index is 13.1. The van der Waals surface area contributed by atoms with Crippen molar-refractivity contribution in [1.82, 2.24) is 5.32 Å². The molecular formula is C77H147NO8. The highest BCUT2D eigenvalue weighted by molar-refractivity contribution is 5.76. The fourth-order valence-corrected chi connectivity index (χ4v) is 12.5. The van der Waals surface area contributed by atoms with Crippen molar-refractivity contribution in [2.75, 3.05) is 13.2 Å². The predicted octanol–water partition coefficient (Wildman–Crippen LogP) is 21.4. The summed E-state index contributed by atoms with van der Waals surface area (Å²) in [5, 5.41) is 54.8. The van der Waals surface area contributed by atoms with Gasteiger partial charge in [0.15, 0.2) is 6.29 Å². The Labute approximate surface area is 533 Å².